The van der Waals surface area contributed by atoms with Crippen LogP contribution in [0.1, 0.15) is 25.3 Å². The number of nitrogens with zero attached hydrogens (tertiary/aromatic N) is 4. The van der Waals surface area contributed by atoms with Crippen molar-refractivity contribution in [3.05, 3.63) is 18.5 Å². The van der Waals surface area contributed by atoms with Crippen molar-refractivity contribution in [3.8, 4) is 0 Å². The van der Waals surface area contributed by atoms with Gasteiger partial charge in [0, 0.05) is 18.6 Å². The van der Waals surface area contributed by atoms with E-state index in [1.54, 1.807) is 6.33 Å². The average Bonchev–Trinajstić information content (AvgIpc) is 3.01. The SMILES string of the molecule is Nc1nc(NC2CC2)c2ncn([C@@H]3C=CC(CO)C3)c2n1. The number of nitrogen functional groups attached to an aromatic ring is 1. The lowest BCUT2D eigenvalue weighted by atomic mass is 10.1. The molecule has 0 spiro atoms. The van der Waals surface area contributed by atoms with Crippen molar-refractivity contribution in [2.75, 3.05) is 17.7 Å². The molecule has 0 radical (unpaired) electrons. The fourth-order valence-electron chi connectivity index (χ4n) is 2.79. The summed E-state index contributed by atoms with van der Waals surface area (Å²) in [5, 5.41) is 12.6. The van der Waals surface area contributed by atoms with Crippen LogP contribution >= 0.6 is 0 Å². The molecule has 0 aliphatic heterocycles. The molecule has 21 heavy (non-hydrogen) atoms. The van der Waals surface area contributed by atoms with Crippen LogP contribution in [0.2, 0.25) is 0 Å². The summed E-state index contributed by atoms with van der Waals surface area (Å²) >= 11 is 0. The first-order valence-corrected chi connectivity index (χ1v) is 7.30. The minimum absolute atomic E-state index is 0.162. The number of nitrogens with one attached hydrogen (secondary N) is 1. The van der Waals surface area contributed by atoms with Crippen LogP contribution in [0.3, 0.4) is 0 Å². The number of rotatable bonds is 4. The summed E-state index contributed by atoms with van der Waals surface area (Å²) in [5.41, 5.74) is 7.35. The van der Waals surface area contributed by atoms with Gasteiger partial charge in [0.25, 0.3) is 0 Å². The number of anilines is 2. The van der Waals surface area contributed by atoms with Crippen LogP contribution < -0.4 is 11.1 Å². The molecule has 2 aliphatic rings. The minimum Gasteiger partial charge on any atom is -0.396 e. The first-order valence-electron chi connectivity index (χ1n) is 7.30. The Kier molecular flexibility index (Phi) is 2.81. The van der Waals surface area contributed by atoms with E-state index in [4.69, 9.17) is 5.73 Å². The summed E-state index contributed by atoms with van der Waals surface area (Å²) < 4.78 is 2.01. The van der Waals surface area contributed by atoms with Gasteiger partial charge < -0.3 is 20.7 Å². The van der Waals surface area contributed by atoms with Crippen LogP contribution in [0, 0.1) is 5.92 Å². The maximum atomic E-state index is 9.26. The number of nitrogens with two attached hydrogens (primary N) is 1. The average molecular weight is 286 g/mol. The Hall–Kier alpha value is -2.15. The van der Waals surface area contributed by atoms with Gasteiger partial charge in [0.05, 0.1) is 12.4 Å². The van der Waals surface area contributed by atoms with Crippen molar-refractivity contribution in [3.63, 3.8) is 0 Å². The summed E-state index contributed by atoms with van der Waals surface area (Å²) in [6.07, 6.45) is 9.10. The number of aliphatic hydroxyl groups excluding tert-OH is 1. The van der Waals surface area contributed by atoms with Crippen LogP contribution in [0.25, 0.3) is 11.2 Å². The van der Waals surface area contributed by atoms with Crippen LogP contribution in [-0.4, -0.2) is 37.3 Å². The van der Waals surface area contributed by atoms with E-state index in [2.05, 4.69) is 26.3 Å². The van der Waals surface area contributed by atoms with Crippen molar-refractivity contribution in [2.45, 2.75) is 31.3 Å². The molecule has 0 bridgehead atoms. The molecular formula is C14H18N6O. The Morgan fingerprint density at radius 3 is 2.90 bits per heavy atom. The van der Waals surface area contributed by atoms with Crippen LogP contribution in [0.4, 0.5) is 11.8 Å². The molecule has 2 aromatic heterocycles. The summed E-state index contributed by atoms with van der Waals surface area (Å²) in [7, 11) is 0. The Bertz CT molecular complexity index is 705. The monoisotopic (exact) mass is 286 g/mol. The maximum Gasteiger partial charge on any atom is 0.224 e. The summed E-state index contributed by atoms with van der Waals surface area (Å²) in [4.78, 5) is 13.1. The molecule has 7 nitrogen and oxygen atoms in total. The molecule has 2 aromatic rings. The molecule has 2 aliphatic carbocycles. The van der Waals surface area contributed by atoms with Gasteiger partial charge in [-0.1, -0.05) is 12.2 Å². The van der Waals surface area contributed by atoms with Gasteiger partial charge in [0.15, 0.2) is 17.0 Å². The fraction of sp³-hybridized carbons (Fsp3) is 0.500. The van der Waals surface area contributed by atoms with Crippen molar-refractivity contribution in [1.29, 1.82) is 0 Å². The van der Waals surface area contributed by atoms with Crippen molar-refractivity contribution in [2.24, 2.45) is 5.92 Å². The van der Waals surface area contributed by atoms with Crippen LogP contribution in [0.15, 0.2) is 18.5 Å². The molecule has 2 atom stereocenters. The van der Waals surface area contributed by atoms with Crippen molar-refractivity contribution >= 4 is 22.9 Å². The van der Waals surface area contributed by atoms with Gasteiger partial charge >= 0.3 is 0 Å². The Morgan fingerprint density at radius 2 is 2.19 bits per heavy atom. The highest BCUT2D eigenvalue weighted by molar-refractivity contribution is 5.84. The molecule has 0 aromatic carbocycles. The van der Waals surface area contributed by atoms with E-state index in [1.165, 1.54) is 0 Å². The van der Waals surface area contributed by atoms with Gasteiger partial charge in [-0.15, -0.1) is 0 Å². The second-order valence-electron chi connectivity index (χ2n) is 5.80. The zero-order valence-electron chi connectivity index (χ0n) is 11.6. The normalized spacial score (nSPS) is 24.8. The minimum atomic E-state index is 0.162. The quantitative estimate of drug-likeness (QED) is 0.727. The Balaban J connectivity index is 1.73. The van der Waals surface area contributed by atoms with Gasteiger partial charge in [-0.05, 0) is 19.3 Å². The highest BCUT2D eigenvalue weighted by Crippen LogP contribution is 2.32. The van der Waals surface area contributed by atoms with Crippen molar-refractivity contribution < 1.29 is 5.11 Å². The molecule has 0 amide bonds. The second kappa shape index (κ2) is 4.70. The molecule has 4 N–H and O–H groups in total. The van der Waals surface area contributed by atoms with E-state index in [9.17, 15) is 5.11 Å². The first-order chi connectivity index (χ1) is 10.2. The van der Waals surface area contributed by atoms with E-state index in [0.29, 0.717) is 6.04 Å². The zero-order chi connectivity index (χ0) is 14.4. The van der Waals surface area contributed by atoms with Crippen molar-refractivity contribution in [1.82, 2.24) is 19.5 Å². The van der Waals surface area contributed by atoms with Gasteiger partial charge in [-0.3, -0.25) is 0 Å². The van der Waals surface area contributed by atoms with E-state index >= 15 is 0 Å². The summed E-state index contributed by atoms with van der Waals surface area (Å²) in [6.45, 7) is 0.172. The van der Waals surface area contributed by atoms with E-state index < -0.39 is 0 Å². The number of imidazole rings is 1. The molecule has 0 saturated heterocycles. The van der Waals surface area contributed by atoms with E-state index in [-0.39, 0.29) is 24.5 Å². The molecule has 4 rings (SSSR count). The van der Waals surface area contributed by atoms with E-state index in [1.807, 2.05) is 10.6 Å². The molecule has 7 heteroatoms. The topological polar surface area (TPSA) is 102 Å². The largest absolute Gasteiger partial charge is 0.396 e. The van der Waals surface area contributed by atoms with Gasteiger partial charge in [0.2, 0.25) is 5.95 Å². The van der Waals surface area contributed by atoms with Gasteiger partial charge in [-0.2, -0.15) is 9.97 Å². The number of aliphatic hydroxyl groups is 1. The summed E-state index contributed by atoms with van der Waals surface area (Å²) in [5.74, 6) is 1.18. The highest BCUT2D eigenvalue weighted by atomic mass is 16.3. The Labute approximate surface area is 121 Å². The smallest absolute Gasteiger partial charge is 0.224 e. The molecule has 2 heterocycles. The standard InChI is InChI=1S/C14H18N6O/c15-14-18-12(17-9-2-3-9)11-13(19-14)20(7-16-11)10-4-1-8(5-10)6-21/h1,4,7-10,21H,2-3,5-6H2,(H3,15,17,18,19)/t8?,10-/m1/s1. The second-order valence-corrected chi connectivity index (χ2v) is 5.80. The number of hydrogen-bond acceptors (Lipinski definition) is 6. The molecule has 1 saturated carbocycles. The lowest BCUT2D eigenvalue weighted by Crippen LogP contribution is -2.10. The van der Waals surface area contributed by atoms with E-state index in [0.717, 1.165) is 36.2 Å². The fourth-order valence-corrected chi connectivity index (χ4v) is 2.79. The third-order valence-corrected chi connectivity index (χ3v) is 4.10. The van der Waals surface area contributed by atoms with Gasteiger partial charge in [0.1, 0.15) is 0 Å². The third-order valence-electron chi connectivity index (χ3n) is 4.10. The lowest BCUT2D eigenvalue weighted by Gasteiger charge is -2.13. The first kappa shape index (κ1) is 12.6. The predicted molar refractivity (Wildman–Crippen MR) is 79.7 cm³/mol. The molecule has 1 fully saturated rings. The number of aromatic nitrogens is 4. The van der Waals surface area contributed by atoms with Crippen LogP contribution in [0.5, 0.6) is 0 Å². The zero-order valence-corrected chi connectivity index (χ0v) is 11.6. The maximum absolute atomic E-state index is 9.26. The molecule has 1 unspecified atom stereocenters. The lowest BCUT2D eigenvalue weighted by molar-refractivity contribution is 0.244. The number of hydrogen-bond donors (Lipinski definition) is 3. The number of allylic oxidation sites excluding steroid dienone is 1. The van der Waals surface area contributed by atoms with Crippen LogP contribution in [-0.2, 0) is 0 Å². The highest BCUT2D eigenvalue weighted by Gasteiger charge is 2.26. The predicted octanol–water partition coefficient (Wildman–Crippen LogP) is 1.09. The van der Waals surface area contributed by atoms with Gasteiger partial charge in [-0.25, -0.2) is 4.98 Å². The number of fused-ring (bicyclic) bond motifs is 1. The Morgan fingerprint density at radius 1 is 1.33 bits per heavy atom. The third kappa shape index (κ3) is 2.23. The molecular weight excluding hydrogens is 268 g/mol. The summed E-state index contributed by atoms with van der Waals surface area (Å²) in [6, 6.07) is 0.646. The molecule has 110 valence electrons.